The van der Waals surface area contributed by atoms with Gasteiger partial charge in [-0.15, -0.1) is 0 Å². The maximum absolute atomic E-state index is 4.57. The second-order valence-corrected chi connectivity index (χ2v) is 8.97. The predicted octanol–water partition coefficient (Wildman–Crippen LogP) is 3.28. The van der Waals surface area contributed by atoms with E-state index in [1.165, 1.54) is 50.9 Å². The van der Waals surface area contributed by atoms with Crippen LogP contribution in [0.4, 0.5) is 0 Å². The highest BCUT2D eigenvalue weighted by atomic mass is 15.3. The third-order valence-corrected chi connectivity index (χ3v) is 6.63. The molecule has 3 rings (SSSR count). The van der Waals surface area contributed by atoms with Crippen molar-refractivity contribution in [2.24, 2.45) is 10.9 Å². The quantitative estimate of drug-likeness (QED) is 0.537. The van der Waals surface area contributed by atoms with Gasteiger partial charge < -0.3 is 15.1 Å². The first-order chi connectivity index (χ1) is 14.2. The summed E-state index contributed by atoms with van der Waals surface area (Å²) in [4.78, 5) is 12.1. The molecule has 162 valence electrons. The van der Waals surface area contributed by atoms with E-state index in [-0.39, 0.29) is 0 Å². The maximum Gasteiger partial charge on any atom is 0.193 e. The van der Waals surface area contributed by atoms with Crippen LogP contribution in [0.5, 0.6) is 0 Å². The Kier molecular flexibility index (Phi) is 8.81. The third kappa shape index (κ3) is 7.00. The van der Waals surface area contributed by atoms with Crippen molar-refractivity contribution in [1.29, 1.82) is 0 Å². The molecule has 0 aromatic heterocycles. The molecule has 5 nitrogen and oxygen atoms in total. The van der Waals surface area contributed by atoms with E-state index in [9.17, 15) is 0 Å². The van der Waals surface area contributed by atoms with Gasteiger partial charge in [0.15, 0.2) is 5.96 Å². The van der Waals surface area contributed by atoms with Crippen molar-refractivity contribution in [2.75, 3.05) is 53.4 Å². The summed E-state index contributed by atoms with van der Waals surface area (Å²) in [5.41, 5.74) is 1.38. The summed E-state index contributed by atoms with van der Waals surface area (Å²) in [7, 11) is 4.14. The highest BCUT2D eigenvalue weighted by molar-refractivity contribution is 5.80. The molecule has 0 aliphatic carbocycles. The van der Waals surface area contributed by atoms with E-state index in [1.54, 1.807) is 0 Å². The summed E-state index contributed by atoms with van der Waals surface area (Å²) in [6.07, 6.45) is 6.61. The van der Waals surface area contributed by atoms with E-state index < -0.39 is 0 Å². The van der Waals surface area contributed by atoms with E-state index in [0.29, 0.717) is 6.04 Å². The molecule has 2 fully saturated rings. The number of hydrogen-bond donors (Lipinski definition) is 1. The lowest BCUT2D eigenvalue weighted by molar-refractivity contribution is 0.198. The van der Waals surface area contributed by atoms with Gasteiger partial charge in [-0.1, -0.05) is 36.8 Å². The van der Waals surface area contributed by atoms with Gasteiger partial charge >= 0.3 is 0 Å². The Morgan fingerprint density at radius 2 is 1.93 bits per heavy atom. The van der Waals surface area contributed by atoms with Crippen LogP contribution in [0, 0.1) is 5.92 Å². The van der Waals surface area contributed by atoms with Gasteiger partial charge in [-0.05, 0) is 64.2 Å². The Morgan fingerprint density at radius 3 is 2.66 bits per heavy atom. The molecule has 0 spiro atoms. The lowest BCUT2D eigenvalue weighted by Crippen LogP contribution is -2.42. The van der Waals surface area contributed by atoms with Gasteiger partial charge in [0.05, 0.1) is 0 Å². The molecule has 2 unspecified atom stereocenters. The first kappa shape index (κ1) is 22.1. The van der Waals surface area contributed by atoms with E-state index in [1.807, 2.05) is 7.05 Å². The second kappa shape index (κ2) is 11.6. The van der Waals surface area contributed by atoms with Crippen LogP contribution in [0.1, 0.15) is 44.6 Å². The van der Waals surface area contributed by atoms with Crippen LogP contribution >= 0.6 is 0 Å². The Hall–Kier alpha value is -1.59. The standard InChI is InChI=1S/C24H41N5/c1-21(27(3)18-22-10-6-4-7-11-22)12-14-26-24(25-2)29-17-13-23(20-29)19-28-15-8-5-9-16-28/h4,6-7,10-11,21,23H,5,8-9,12-20H2,1-3H3,(H,25,26). The largest absolute Gasteiger partial charge is 0.356 e. The van der Waals surface area contributed by atoms with Gasteiger partial charge in [0, 0.05) is 45.8 Å². The van der Waals surface area contributed by atoms with Crippen molar-refractivity contribution in [3.8, 4) is 0 Å². The number of hydrogen-bond acceptors (Lipinski definition) is 3. The normalized spacial score (nSPS) is 22.3. The highest BCUT2D eigenvalue weighted by Gasteiger charge is 2.27. The van der Waals surface area contributed by atoms with Gasteiger partial charge in [0.2, 0.25) is 0 Å². The molecule has 1 aromatic carbocycles. The minimum Gasteiger partial charge on any atom is -0.356 e. The number of guanidine groups is 1. The summed E-state index contributed by atoms with van der Waals surface area (Å²) < 4.78 is 0. The lowest BCUT2D eigenvalue weighted by Gasteiger charge is -2.29. The van der Waals surface area contributed by atoms with Crippen LogP contribution < -0.4 is 5.32 Å². The van der Waals surface area contributed by atoms with E-state index in [2.05, 4.69) is 69.3 Å². The molecule has 1 aromatic rings. The van der Waals surface area contributed by atoms with Crippen LogP contribution in [0.2, 0.25) is 0 Å². The Balaban J connectivity index is 1.36. The smallest absolute Gasteiger partial charge is 0.193 e. The van der Waals surface area contributed by atoms with E-state index in [4.69, 9.17) is 0 Å². The minimum atomic E-state index is 0.534. The molecule has 5 heteroatoms. The maximum atomic E-state index is 4.57. The molecule has 2 aliphatic heterocycles. The molecule has 2 heterocycles. The predicted molar refractivity (Wildman–Crippen MR) is 123 cm³/mol. The van der Waals surface area contributed by atoms with Crippen molar-refractivity contribution < 1.29 is 0 Å². The third-order valence-electron chi connectivity index (χ3n) is 6.63. The Labute approximate surface area is 178 Å². The first-order valence-corrected chi connectivity index (χ1v) is 11.6. The molecule has 2 atom stereocenters. The number of likely N-dealkylation sites (tertiary alicyclic amines) is 2. The number of rotatable bonds is 8. The molecule has 0 saturated carbocycles. The molecule has 2 aliphatic rings. The zero-order chi connectivity index (χ0) is 20.5. The summed E-state index contributed by atoms with van der Waals surface area (Å²) in [6.45, 7) is 10.5. The molecule has 0 amide bonds. The zero-order valence-electron chi connectivity index (χ0n) is 18.8. The zero-order valence-corrected chi connectivity index (χ0v) is 18.8. The summed E-state index contributed by atoms with van der Waals surface area (Å²) in [5, 5.41) is 3.62. The summed E-state index contributed by atoms with van der Waals surface area (Å²) >= 11 is 0. The van der Waals surface area contributed by atoms with E-state index >= 15 is 0 Å². The van der Waals surface area contributed by atoms with Crippen molar-refractivity contribution in [1.82, 2.24) is 20.0 Å². The van der Waals surface area contributed by atoms with Crippen LogP contribution in [0.15, 0.2) is 35.3 Å². The number of benzene rings is 1. The minimum absolute atomic E-state index is 0.534. The average Bonchev–Trinajstić information content (AvgIpc) is 3.20. The molecule has 1 N–H and O–H groups in total. The van der Waals surface area contributed by atoms with Crippen molar-refractivity contribution in [2.45, 2.75) is 51.6 Å². The van der Waals surface area contributed by atoms with Crippen LogP contribution in [-0.2, 0) is 6.54 Å². The molecule has 0 radical (unpaired) electrons. The second-order valence-electron chi connectivity index (χ2n) is 8.97. The SMILES string of the molecule is CN=C(NCCC(C)N(C)Cc1ccccc1)N1CCC(CN2CCCCC2)C1. The van der Waals surface area contributed by atoms with Crippen LogP contribution in [0.25, 0.3) is 0 Å². The molecule has 0 bridgehead atoms. The molecular formula is C24H41N5. The van der Waals surface area contributed by atoms with Crippen LogP contribution in [-0.4, -0.2) is 80.1 Å². The lowest BCUT2D eigenvalue weighted by atomic mass is 10.1. The van der Waals surface area contributed by atoms with Gasteiger partial charge in [0.25, 0.3) is 0 Å². The number of nitrogens with one attached hydrogen (secondary N) is 1. The Morgan fingerprint density at radius 1 is 1.17 bits per heavy atom. The fourth-order valence-electron chi connectivity index (χ4n) is 4.65. The van der Waals surface area contributed by atoms with Crippen molar-refractivity contribution >= 4 is 5.96 Å². The van der Waals surface area contributed by atoms with Gasteiger partial charge in [-0.2, -0.15) is 0 Å². The Bertz CT molecular complexity index is 611. The first-order valence-electron chi connectivity index (χ1n) is 11.6. The summed E-state index contributed by atoms with van der Waals surface area (Å²) in [5.74, 6) is 1.88. The fraction of sp³-hybridized carbons (Fsp3) is 0.708. The van der Waals surface area contributed by atoms with Crippen molar-refractivity contribution in [3.05, 3.63) is 35.9 Å². The highest BCUT2D eigenvalue weighted by Crippen LogP contribution is 2.20. The van der Waals surface area contributed by atoms with Gasteiger partial charge in [-0.3, -0.25) is 9.89 Å². The number of aliphatic imine (C=N–C) groups is 1. The monoisotopic (exact) mass is 399 g/mol. The van der Waals surface area contributed by atoms with Crippen molar-refractivity contribution in [3.63, 3.8) is 0 Å². The topological polar surface area (TPSA) is 34.1 Å². The van der Waals surface area contributed by atoms with Crippen LogP contribution in [0.3, 0.4) is 0 Å². The fourth-order valence-corrected chi connectivity index (χ4v) is 4.65. The molecule has 2 saturated heterocycles. The van der Waals surface area contributed by atoms with E-state index in [0.717, 1.165) is 44.5 Å². The molecular weight excluding hydrogens is 358 g/mol. The van der Waals surface area contributed by atoms with Gasteiger partial charge in [0.1, 0.15) is 0 Å². The van der Waals surface area contributed by atoms with Gasteiger partial charge in [-0.25, -0.2) is 0 Å². The number of piperidine rings is 1. The molecule has 29 heavy (non-hydrogen) atoms. The number of nitrogens with zero attached hydrogens (tertiary/aromatic N) is 4. The average molecular weight is 400 g/mol. The summed E-state index contributed by atoms with van der Waals surface area (Å²) in [6, 6.07) is 11.3.